The fourth-order valence-electron chi connectivity index (χ4n) is 0.839. The Balaban J connectivity index is 3.56. The summed E-state index contributed by atoms with van der Waals surface area (Å²) in [6.45, 7) is 5.73. The highest BCUT2D eigenvalue weighted by molar-refractivity contribution is 6.26. The SMILES string of the molecule is CC(C)(C)OC(=O)NCCCC(=O)C=N. The van der Waals surface area contributed by atoms with Crippen LogP contribution >= 0.6 is 0 Å². The number of nitrogens with one attached hydrogen (secondary N) is 2. The van der Waals surface area contributed by atoms with Crippen LogP contribution in [0.5, 0.6) is 0 Å². The van der Waals surface area contributed by atoms with Crippen LogP contribution in [0.3, 0.4) is 0 Å². The molecule has 0 spiro atoms. The zero-order valence-electron chi connectivity index (χ0n) is 9.42. The number of Topliss-reactive ketones (excluding diaryl/α,β-unsaturated/α-hetero) is 1. The van der Waals surface area contributed by atoms with E-state index < -0.39 is 11.7 Å². The second-order valence-electron chi connectivity index (χ2n) is 4.14. The van der Waals surface area contributed by atoms with Gasteiger partial charge < -0.3 is 15.5 Å². The maximum absolute atomic E-state index is 11.1. The van der Waals surface area contributed by atoms with Gasteiger partial charge in [-0.2, -0.15) is 0 Å². The van der Waals surface area contributed by atoms with Crippen molar-refractivity contribution in [2.24, 2.45) is 0 Å². The Morgan fingerprint density at radius 3 is 2.47 bits per heavy atom. The van der Waals surface area contributed by atoms with Gasteiger partial charge in [-0.05, 0) is 27.2 Å². The molecule has 5 nitrogen and oxygen atoms in total. The van der Waals surface area contributed by atoms with E-state index in [1.807, 2.05) is 0 Å². The Morgan fingerprint density at radius 2 is 2.00 bits per heavy atom. The van der Waals surface area contributed by atoms with Crippen molar-refractivity contribution in [3.63, 3.8) is 0 Å². The molecule has 0 atom stereocenters. The number of carbonyl (C=O) groups is 2. The lowest BCUT2D eigenvalue weighted by molar-refractivity contribution is -0.112. The highest BCUT2D eigenvalue weighted by atomic mass is 16.6. The lowest BCUT2D eigenvalue weighted by atomic mass is 10.2. The third-order valence-electron chi connectivity index (χ3n) is 1.43. The van der Waals surface area contributed by atoms with Crippen LogP contribution in [-0.2, 0) is 9.53 Å². The molecule has 0 aliphatic carbocycles. The molecule has 0 aliphatic heterocycles. The Bertz CT molecular complexity index is 244. The molecule has 2 N–H and O–H groups in total. The predicted molar refractivity (Wildman–Crippen MR) is 57.3 cm³/mol. The van der Waals surface area contributed by atoms with Crippen LogP contribution in [0.1, 0.15) is 33.6 Å². The largest absolute Gasteiger partial charge is 0.444 e. The minimum absolute atomic E-state index is 0.235. The van der Waals surface area contributed by atoms with E-state index in [2.05, 4.69) is 5.32 Å². The minimum Gasteiger partial charge on any atom is -0.444 e. The zero-order chi connectivity index (χ0) is 11.9. The lowest BCUT2D eigenvalue weighted by Crippen LogP contribution is -2.33. The van der Waals surface area contributed by atoms with Gasteiger partial charge in [-0.1, -0.05) is 0 Å². The van der Waals surface area contributed by atoms with Crippen LogP contribution in [0, 0.1) is 5.41 Å². The van der Waals surface area contributed by atoms with E-state index in [9.17, 15) is 9.59 Å². The van der Waals surface area contributed by atoms with Crippen molar-refractivity contribution in [3.8, 4) is 0 Å². The van der Waals surface area contributed by atoms with Gasteiger partial charge in [-0.3, -0.25) is 4.79 Å². The Hall–Kier alpha value is -1.39. The van der Waals surface area contributed by atoms with E-state index in [1.165, 1.54) is 0 Å². The summed E-state index contributed by atoms with van der Waals surface area (Å²) in [6.07, 6.45) is 1.10. The molecule has 0 bridgehead atoms. The number of hydrogen-bond acceptors (Lipinski definition) is 4. The first-order valence-electron chi connectivity index (χ1n) is 4.85. The van der Waals surface area contributed by atoms with Crippen LogP contribution in [0.25, 0.3) is 0 Å². The molecular weight excluding hydrogens is 196 g/mol. The Kier molecular flexibility index (Phi) is 5.59. The summed E-state index contributed by atoms with van der Waals surface area (Å²) < 4.78 is 4.99. The average Bonchev–Trinajstić information content (AvgIpc) is 2.09. The van der Waals surface area contributed by atoms with Gasteiger partial charge in [0, 0.05) is 13.0 Å². The van der Waals surface area contributed by atoms with Crippen molar-refractivity contribution in [1.29, 1.82) is 5.41 Å². The Labute approximate surface area is 89.7 Å². The maximum Gasteiger partial charge on any atom is 0.407 e. The minimum atomic E-state index is -0.505. The molecule has 0 aromatic carbocycles. The molecule has 0 fully saturated rings. The molecule has 0 radical (unpaired) electrons. The number of amides is 1. The van der Waals surface area contributed by atoms with Gasteiger partial charge in [0.25, 0.3) is 0 Å². The molecule has 15 heavy (non-hydrogen) atoms. The standard InChI is InChI=1S/C10H18N2O3/c1-10(2,3)15-9(14)12-6-4-5-8(13)7-11/h7,11H,4-6H2,1-3H3,(H,12,14). The highest BCUT2D eigenvalue weighted by Gasteiger charge is 2.15. The summed E-state index contributed by atoms with van der Waals surface area (Å²) in [6, 6.07) is 0. The summed E-state index contributed by atoms with van der Waals surface area (Å²) in [7, 11) is 0. The normalized spacial score (nSPS) is 10.6. The molecule has 0 unspecified atom stereocenters. The van der Waals surface area contributed by atoms with Crippen molar-refractivity contribution in [2.45, 2.75) is 39.2 Å². The molecule has 0 aliphatic rings. The third-order valence-corrected chi connectivity index (χ3v) is 1.43. The molecule has 0 aromatic heterocycles. The van der Waals surface area contributed by atoms with Gasteiger partial charge in [-0.25, -0.2) is 4.79 Å². The van der Waals surface area contributed by atoms with E-state index in [-0.39, 0.29) is 12.2 Å². The first kappa shape index (κ1) is 13.6. The van der Waals surface area contributed by atoms with Crippen LogP contribution < -0.4 is 5.32 Å². The molecule has 1 amide bonds. The smallest absolute Gasteiger partial charge is 0.407 e. The van der Waals surface area contributed by atoms with Crippen LogP contribution in [0.2, 0.25) is 0 Å². The average molecular weight is 214 g/mol. The second-order valence-corrected chi connectivity index (χ2v) is 4.14. The molecule has 0 aromatic rings. The molecule has 5 heteroatoms. The summed E-state index contributed by atoms with van der Waals surface area (Å²) in [5.41, 5.74) is -0.505. The number of ketones is 1. The number of hydrogen-bond donors (Lipinski definition) is 2. The van der Waals surface area contributed by atoms with E-state index in [4.69, 9.17) is 10.1 Å². The maximum atomic E-state index is 11.1. The topological polar surface area (TPSA) is 79.2 Å². The summed E-state index contributed by atoms with van der Waals surface area (Å²) in [5, 5.41) is 9.19. The molecular formula is C10H18N2O3. The van der Waals surface area contributed by atoms with E-state index in [1.54, 1.807) is 20.8 Å². The first-order valence-corrected chi connectivity index (χ1v) is 4.85. The Morgan fingerprint density at radius 1 is 1.40 bits per heavy atom. The molecule has 0 saturated heterocycles. The first-order chi connectivity index (χ1) is 6.85. The van der Waals surface area contributed by atoms with Crippen molar-refractivity contribution in [1.82, 2.24) is 5.32 Å². The summed E-state index contributed by atoms with van der Waals surface area (Å²) in [5.74, 6) is -0.235. The van der Waals surface area contributed by atoms with Crippen LogP contribution in [-0.4, -0.2) is 30.2 Å². The zero-order valence-corrected chi connectivity index (χ0v) is 9.42. The number of alkyl carbamates (subject to hydrolysis) is 1. The number of ether oxygens (including phenoxy) is 1. The van der Waals surface area contributed by atoms with Crippen molar-refractivity contribution in [2.75, 3.05) is 6.54 Å². The molecule has 0 rings (SSSR count). The predicted octanol–water partition coefficient (Wildman–Crippen LogP) is 1.51. The molecule has 0 heterocycles. The van der Waals surface area contributed by atoms with Crippen molar-refractivity contribution in [3.05, 3.63) is 0 Å². The highest BCUT2D eigenvalue weighted by Crippen LogP contribution is 2.06. The number of carbonyl (C=O) groups excluding carboxylic acids is 2. The fourth-order valence-corrected chi connectivity index (χ4v) is 0.839. The van der Waals surface area contributed by atoms with E-state index >= 15 is 0 Å². The van der Waals surface area contributed by atoms with Gasteiger partial charge >= 0.3 is 6.09 Å². The van der Waals surface area contributed by atoms with Crippen molar-refractivity contribution >= 4 is 18.1 Å². The van der Waals surface area contributed by atoms with Gasteiger partial charge in [-0.15, -0.1) is 0 Å². The van der Waals surface area contributed by atoms with Gasteiger partial charge in [0.05, 0.1) is 6.21 Å². The van der Waals surface area contributed by atoms with Gasteiger partial charge in [0.1, 0.15) is 5.60 Å². The van der Waals surface area contributed by atoms with Gasteiger partial charge in [0.2, 0.25) is 0 Å². The lowest BCUT2D eigenvalue weighted by Gasteiger charge is -2.19. The summed E-state index contributed by atoms with van der Waals surface area (Å²) >= 11 is 0. The quantitative estimate of drug-likeness (QED) is 0.537. The summed E-state index contributed by atoms with van der Waals surface area (Å²) in [4.78, 5) is 21.8. The second kappa shape index (κ2) is 6.16. The third kappa shape index (κ3) is 8.93. The molecule has 86 valence electrons. The van der Waals surface area contributed by atoms with E-state index in [0.717, 1.165) is 6.21 Å². The van der Waals surface area contributed by atoms with Crippen LogP contribution in [0.15, 0.2) is 0 Å². The van der Waals surface area contributed by atoms with E-state index in [0.29, 0.717) is 13.0 Å². The number of rotatable bonds is 5. The fraction of sp³-hybridized carbons (Fsp3) is 0.700. The van der Waals surface area contributed by atoms with Crippen LogP contribution in [0.4, 0.5) is 4.79 Å². The monoisotopic (exact) mass is 214 g/mol. The van der Waals surface area contributed by atoms with Gasteiger partial charge in [0.15, 0.2) is 5.78 Å². The van der Waals surface area contributed by atoms with Crippen molar-refractivity contribution < 1.29 is 14.3 Å². The molecule has 0 saturated carbocycles.